The third-order valence-electron chi connectivity index (χ3n) is 8.32. The molecule has 1 aliphatic carbocycles. The zero-order valence-corrected chi connectivity index (χ0v) is 21.6. The number of ketones is 1. The monoisotopic (exact) mass is 471 g/mol. The summed E-state index contributed by atoms with van der Waals surface area (Å²) in [5, 5.41) is 11.5. The number of carbonyl (C=O) groups excluding carboxylic acids is 1. The van der Waals surface area contributed by atoms with Crippen molar-refractivity contribution in [3.05, 3.63) is 39.3 Å². The van der Waals surface area contributed by atoms with Crippen molar-refractivity contribution in [2.45, 2.75) is 103 Å². The Balaban J connectivity index is 1.65. The van der Waals surface area contributed by atoms with Crippen LogP contribution in [0.2, 0.25) is 0 Å². The number of ether oxygens (including phenoxy) is 2. The first kappa shape index (κ1) is 25.2. The number of Topliss-reactive ketones (excluding diaryl/α,β-unsaturated/α-hetero) is 1. The van der Waals surface area contributed by atoms with E-state index in [1.165, 1.54) is 16.6 Å². The largest absolute Gasteiger partial charge is 0.486 e. The lowest BCUT2D eigenvalue weighted by Crippen LogP contribution is -2.43. The van der Waals surface area contributed by atoms with E-state index in [0.717, 1.165) is 19.3 Å². The van der Waals surface area contributed by atoms with Crippen molar-refractivity contribution in [3.8, 4) is 5.75 Å². The summed E-state index contributed by atoms with van der Waals surface area (Å²) in [6.45, 7) is 11.1. The molecule has 0 unspecified atom stereocenters. The van der Waals surface area contributed by atoms with Gasteiger partial charge in [0.05, 0.1) is 17.8 Å². The number of fused-ring (bicyclic) bond motifs is 3. The topological polar surface area (TPSA) is 77.8 Å². The molecular weight excluding hydrogens is 430 g/mol. The number of hydrogen-bond donors (Lipinski definition) is 1. The van der Waals surface area contributed by atoms with Crippen LogP contribution in [0.25, 0.3) is 0 Å². The van der Waals surface area contributed by atoms with Crippen LogP contribution in [0.15, 0.2) is 22.6 Å². The molecule has 7 atom stereocenters. The highest BCUT2D eigenvalue weighted by atomic mass is 16.5. The van der Waals surface area contributed by atoms with Gasteiger partial charge in [-0.15, -0.1) is 0 Å². The van der Waals surface area contributed by atoms with E-state index in [2.05, 4.69) is 40.7 Å². The maximum atomic E-state index is 13.3. The molecule has 0 amide bonds. The maximum absolute atomic E-state index is 13.3. The number of aromatic nitrogens is 1. The van der Waals surface area contributed by atoms with Crippen LogP contribution in [0.4, 0.5) is 0 Å². The maximum Gasteiger partial charge on any atom is 0.259 e. The highest BCUT2D eigenvalue weighted by molar-refractivity contribution is 5.81. The van der Waals surface area contributed by atoms with Crippen molar-refractivity contribution >= 4 is 5.78 Å². The molecule has 1 aromatic heterocycles. The van der Waals surface area contributed by atoms with E-state index in [1.54, 1.807) is 13.2 Å². The van der Waals surface area contributed by atoms with Gasteiger partial charge in [0.25, 0.3) is 5.56 Å². The molecule has 3 aliphatic rings. The average molecular weight is 472 g/mol. The van der Waals surface area contributed by atoms with Gasteiger partial charge in [-0.2, -0.15) is 0 Å². The third kappa shape index (κ3) is 4.51. The summed E-state index contributed by atoms with van der Waals surface area (Å²) < 4.78 is 14.3. The molecule has 1 saturated heterocycles. The number of nitrogens with zero attached hydrogens (tertiary/aromatic N) is 1. The van der Waals surface area contributed by atoms with E-state index in [9.17, 15) is 14.7 Å². The molecule has 6 nitrogen and oxygen atoms in total. The molecule has 4 rings (SSSR count). The normalized spacial score (nSPS) is 33.1. The molecule has 0 bridgehead atoms. The lowest BCUT2D eigenvalue weighted by atomic mass is 9.78. The van der Waals surface area contributed by atoms with Crippen molar-refractivity contribution in [1.82, 2.24) is 4.57 Å². The van der Waals surface area contributed by atoms with Gasteiger partial charge < -0.3 is 19.1 Å². The van der Waals surface area contributed by atoms with Gasteiger partial charge in [-0.3, -0.25) is 9.59 Å². The number of rotatable bonds is 6. The molecule has 34 heavy (non-hydrogen) atoms. The van der Waals surface area contributed by atoms with Gasteiger partial charge in [-0.25, -0.2) is 0 Å². The Morgan fingerprint density at radius 1 is 1.32 bits per heavy atom. The second kappa shape index (κ2) is 9.62. The molecule has 1 saturated carbocycles. The van der Waals surface area contributed by atoms with Crippen LogP contribution in [-0.2, 0) is 22.2 Å². The Morgan fingerprint density at radius 2 is 2.06 bits per heavy atom. The van der Waals surface area contributed by atoms with E-state index in [1.807, 2.05) is 0 Å². The van der Waals surface area contributed by atoms with Crippen molar-refractivity contribution in [1.29, 1.82) is 0 Å². The fourth-order valence-corrected chi connectivity index (χ4v) is 6.15. The fourth-order valence-electron chi connectivity index (χ4n) is 6.15. The lowest BCUT2D eigenvalue weighted by molar-refractivity contribution is -0.133. The van der Waals surface area contributed by atoms with E-state index >= 15 is 0 Å². The molecule has 6 heteroatoms. The molecule has 2 aliphatic heterocycles. The predicted molar refractivity (Wildman–Crippen MR) is 132 cm³/mol. The van der Waals surface area contributed by atoms with Gasteiger partial charge in [-0.1, -0.05) is 40.2 Å². The van der Waals surface area contributed by atoms with E-state index < -0.39 is 17.8 Å². The second-order valence-electron chi connectivity index (χ2n) is 11.2. The van der Waals surface area contributed by atoms with Gasteiger partial charge >= 0.3 is 0 Å². The molecule has 0 spiro atoms. The Bertz CT molecular complexity index is 1030. The highest BCUT2D eigenvalue weighted by Gasteiger charge is 2.53. The minimum Gasteiger partial charge on any atom is -0.486 e. The fraction of sp³-hybridized carbons (Fsp3) is 0.714. The number of carbonyl (C=O) groups is 1. The molecule has 1 aromatic rings. The number of allylic oxidation sites excluding steroid dienone is 1. The van der Waals surface area contributed by atoms with Crippen LogP contribution in [0.5, 0.6) is 5.75 Å². The molecule has 0 radical (unpaired) electrons. The van der Waals surface area contributed by atoms with Crippen molar-refractivity contribution in [2.75, 3.05) is 0 Å². The van der Waals surface area contributed by atoms with Gasteiger partial charge in [0.15, 0.2) is 0 Å². The van der Waals surface area contributed by atoms with Crippen molar-refractivity contribution < 1.29 is 19.4 Å². The molecule has 1 N–H and O–H groups in total. The van der Waals surface area contributed by atoms with Crippen LogP contribution in [0.3, 0.4) is 0 Å². The van der Waals surface area contributed by atoms with Gasteiger partial charge in [0.1, 0.15) is 23.2 Å². The summed E-state index contributed by atoms with van der Waals surface area (Å²) in [7, 11) is 1.71. The Morgan fingerprint density at radius 3 is 2.76 bits per heavy atom. The summed E-state index contributed by atoms with van der Waals surface area (Å²) in [6, 6.07) is 0. The first-order valence-electron chi connectivity index (χ1n) is 13.0. The Kier molecular flexibility index (Phi) is 7.12. The van der Waals surface area contributed by atoms with E-state index in [4.69, 9.17) is 9.47 Å². The highest BCUT2D eigenvalue weighted by Crippen LogP contribution is 2.51. The number of aryl methyl sites for hydroxylation is 1. The Labute approximate surface area is 203 Å². The summed E-state index contributed by atoms with van der Waals surface area (Å²) in [5.41, 5.74) is 0.947. The molecular formula is C28H41NO5. The lowest BCUT2D eigenvalue weighted by Gasteiger charge is -2.36. The minimum atomic E-state index is -1.23. The number of aliphatic hydroxyl groups is 1. The van der Waals surface area contributed by atoms with E-state index in [-0.39, 0.29) is 23.9 Å². The SMILES string of the molecule is CC[C@H](C)C[C@H](C)/C=C(\C)[C@@H]1O[C@H](c2c3c(cn(C)c2=O)[C@]2(O)CCC(=O)C[C@H]2O3)CC[C@H]1C. The van der Waals surface area contributed by atoms with Crippen molar-refractivity contribution in [2.24, 2.45) is 24.8 Å². The van der Waals surface area contributed by atoms with E-state index in [0.29, 0.717) is 47.5 Å². The first-order valence-corrected chi connectivity index (χ1v) is 13.0. The van der Waals surface area contributed by atoms with Gasteiger partial charge in [0, 0.05) is 31.6 Å². The van der Waals surface area contributed by atoms with Crippen LogP contribution < -0.4 is 10.3 Å². The second-order valence-corrected chi connectivity index (χ2v) is 11.2. The number of pyridine rings is 1. The first-order chi connectivity index (χ1) is 16.0. The summed E-state index contributed by atoms with van der Waals surface area (Å²) >= 11 is 0. The van der Waals surface area contributed by atoms with Crippen LogP contribution in [0.1, 0.15) is 96.8 Å². The smallest absolute Gasteiger partial charge is 0.259 e. The quantitative estimate of drug-likeness (QED) is 0.593. The van der Waals surface area contributed by atoms with Gasteiger partial charge in [0.2, 0.25) is 0 Å². The summed E-state index contributed by atoms with van der Waals surface area (Å²) in [6.07, 6.45) is 7.74. The standard InChI is InChI=1S/C28H41NO5/c1-7-16(2)12-17(3)13-19(5)25-18(4)8-9-22(33-25)24-26-21(15-29(6)27(24)31)28(32)11-10-20(30)14-23(28)34-26/h13,15-18,22-23,25,32H,7-12,14H2,1-6H3/b19-13+/t16-,17-,18+,22-,23+,25+,28+/m0/s1. The van der Waals surface area contributed by atoms with Gasteiger partial charge in [-0.05, 0) is 55.9 Å². The van der Waals surface area contributed by atoms with Crippen LogP contribution in [0, 0.1) is 17.8 Å². The summed E-state index contributed by atoms with van der Waals surface area (Å²) in [5.74, 6) is 2.04. The number of hydrogen-bond acceptors (Lipinski definition) is 5. The predicted octanol–water partition coefficient (Wildman–Crippen LogP) is 4.96. The molecule has 3 heterocycles. The summed E-state index contributed by atoms with van der Waals surface area (Å²) in [4.78, 5) is 25.4. The zero-order valence-electron chi connectivity index (χ0n) is 21.6. The average Bonchev–Trinajstić information content (AvgIpc) is 3.06. The Hall–Kier alpha value is -1.92. The van der Waals surface area contributed by atoms with Crippen LogP contribution in [-0.4, -0.2) is 27.7 Å². The van der Waals surface area contributed by atoms with Crippen LogP contribution >= 0.6 is 0 Å². The molecule has 0 aromatic carbocycles. The zero-order chi connectivity index (χ0) is 24.8. The minimum absolute atomic E-state index is 0.0629. The molecule has 2 fully saturated rings. The van der Waals surface area contributed by atoms with Crippen molar-refractivity contribution in [3.63, 3.8) is 0 Å². The molecule has 188 valence electrons. The third-order valence-corrected chi connectivity index (χ3v) is 8.32.